The molecule has 0 atom stereocenters. The molecule has 4 aliphatic carbocycles. The Labute approximate surface area is 182 Å². The van der Waals surface area contributed by atoms with E-state index in [1.165, 1.54) is 19.3 Å². The topological polar surface area (TPSA) is 36.4 Å². The van der Waals surface area contributed by atoms with Crippen LogP contribution in [-0.4, -0.2) is 43.0 Å². The Bertz CT molecular complexity index is 889. The summed E-state index contributed by atoms with van der Waals surface area (Å²) in [6.07, 6.45) is 8.28. The van der Waals surface area contributed by atoms with Crippen molar-refractivity contribution in [2.45, 2.75) is 44.9 Å². The highest BCUT2D eigenvalue weighted by atomic mass is 35.5. The Morgan fingerprint density at radius 2 is 1.79 bits per heavy atom. The van der Waals surface area contributed by atoms with E-state index in [0.717, 1.165) is 71.9 Å². The third-order valence-electron chi connectivity index (χ3n) is 7.31. The second kappa shape index (κ2) is 7.51. The van der Waals surface area contributed by atoms with Crippen molar-refractivity contribution >= 4 is 44.2 Å². The fraction of sp³-hybridized carbons (Fsp3) is 0.652. The summed E-state index contributed by atoms with van der Waals surface area (Å²) in [5.41, 5.74) is 0.680. The maximum atomic E-state index is 14.1. The van der Waals surface area contributed by atoms with E-state index in [1.807, 2.05) is 17.0 Å². The Balaban J connectivity index is 1.48. The number of amides is 1. The summed E-state index contributed by atoms with van der Waals surface area (Å²) in [6.45, 7) is 1.70. The molecule has 29 heavy (non-hydrogen) atoms. The number of carbonyl (C=O) groups is 1. The maximum absolute atomic E-state index is 14.1. The average molecular weight is 432 g/mol. The van der Waals surface area contributed by atoms with Crippen molar-refractivity contribution in [3.8, 4) is 0 Å². The van der Waals surface area contributed by atoms with E-state index in [0.29, 0.717) is 10.9 Å². The van der Waals surface area contributed by atoms with Crippen LogP contribution in [0.2, 0.25) is 5.02 Å². The van der Waals surface area contributed by atoms with E-state index in [9.17, 15) is 4.79 Å². The van der Waals surface area contributed by atoms with Crippen LogP contribution in [0.5, 0.6) is 0 Å². The van der Waals surface area contributed by atoms with Crippen LogP contribution in [0.15, 0.2) is 18.2 Å². The van der Waals surface area contributed by atoms with Crippen molar-refractivity contribution < 1.29 is 4.79 Å². The van der Waals surface area contributed by atoms with Gasteiger partial charge >= 0.3 is 0 Å². The van der Waals surface area contributed by atoms with Gasteiger partial charge in [-0.1, -0.05) is 29.0 Å². The molecule has 0 N–H and O–H groups in total. The number of anilines is 1. The molecule has 6 heteroatoms. The van der Waals surface area contributed by atoms with E-state index in [1.54, 1.807) is 11.3 Å². The zero-order valence-electron chi connectivity index (χ0n) is 17.4. The minimum atomic E-state index is -0.144. The number of carbonyl (C=O) groups excluding carboxylic acids is 1. The standard InChI is InChI=1S/C23H30ClN3OS/c1-26(2)7-4-8-27(22-25-20-18(24)5-3-6-19(20)29-22)21(28)23-12-15-9-16(13-23)11-17(10-15)14-23/h3,5-6,15-17H,4,7-14H2,1-2H3. The van der Waals surface area contributed by atoms with Crippen LogP contribution < -0.4 is 4.90 Å². The van der Waals surface area contributed by atoms with Gasteiger partial charge in [0.15, 0.2) is 5.13 Å². The lowest BCUT2D eigenvalue weighted by Gasteiger charge is -2.56. The molecule has 4 nitrogen and oxygen atoms in total. The van der Waals surface area contributed by atoms with Gasteiger partial charge in [-0.2, -0.15) is 0 Å². The van der Waals surface area contributed by atoms with Gasteiger partial charge in [-0.25, -0.2) is 4.98 Å². The van der Waals surface area contributed by atoms with Gasteiger partial charge < -0.3 is 4.90 Å². The van der Waals surface area contributed by atoms with Crippen LogP contribution in [0.3, 0.4) is 0 Å². The van der Waals surface area contributed by atoms with Crippen molar-refractivity contribution in [3.63, 3.8) is 0 Å². The van der Waals surface area contributed by atoms with Crippen LogP contribution in [0.25, 0.3) is 10.2 Å². The minimum Gasteiger partial charge on any atom is -0.309 e. The van der Waals surface area contributed by atoms with Crippen molar-refractivity contribution in [1.29, 1.82) is 0 Å². The molecule has 156 valence electrons. The molecule has 1 amide bonds. The normalized spacial score (nSPS) is 30.4. The highest BCUT2D eigenvalue weighted by molar-refractivity contribution is 7.22. The number of hydrogen-bond donors (Lipinski definition) is 0. The first kappa shape index (κ1) is 19.8. The average Bonchev–Trinajstić information content (AvgIpc) is 3.09. The molecule has 4 aliphatic rings. The molecule has 0 unspecified atom stereocenters. The van der Waals surface area contributed by atoms with E-state index < -0.39 is 0 Å². The third-order valence-corrected chi connectivity index (χ3v) is 8.66. The summed E-state index contributed by atoms with van der Waals surface area (Å²) in [4.78, 5) is 23.1. The predicted octanol–water partition coefficient (Wildman–Crippen LogP) is 5.45. The third kappa shape index (κ3) is 3.60. The minimum absolute atomic E-state index is 0.144. The number of nitrogens with zero attached hydrogens (tertiary/aromatic N) is 3. The largest absolute Gasteiger partial charge is 0.309 e. The Kier molecular flexibility index (Phi) is 5.12. The molecule has 0 aliphatic heterocycles. The summed E-state index contributed by atoms with van der Waals surface area (Å²) in [5, 5.41) is 1.49. The molecular weight excluding hydrogens is 402 g/mol. The van der Waals surface area contributed by atoms with Gasteiger partial charge in [-0.3, -0.25) is 9.69 Å². The second-order valence-corrected chi connectivity index (χ2v) is 11.3. The van der Waals surface area contributed by atoms with Crippen LogP contribution in [0, 0.1) is 23.2 Å². The lowest BCUT2D eigenvalue weighted by molar-refractivity contribution is -0.143. The molecule has 2 aromatic rings. The number of halogens is 1. The number of thiazole rings is 1. The quantitative estimate of drug-likeness (QED) is 0.610. The van der Waals surface area contributed by atoms with E-state index in [2.05, 4.69) is 25.1 Å². The molecule has 4 bridgehead atoms. The Morgan fingerprint density at radius 3 is 2.38 bits per heavy atom. The van der Waals surface area contributed by atoms with Crippen molar-refractivity contribution in [2.75, 3.05) is 32.1 Å². The monoisotopic (exact) mass is 431 g/mol. The van der Waals surface area contributed by atoms with Gasteiger partial charge in [0.05, 0.1) is 15.1 Å². The van der Waals surface area contributed by atoms with Crippen molar-refractivity contribution in [2.24, 2.45) is 23.2 Å². The van der Waals surface area contributed by atoms with E-state index >= 15 is 0 Å². The first-order valence-electron chi connectivity index (χ1n) is 11.0. The molecule has 1 aromatic carbocycles. The summed E-state index contributed by atoms with van der Waals surface area (Å²) in [7, 11) is 4.17. The van der Waals surface area contributed by atoms with Gasteiger partial charge in [0.25, 0.3) is 0 Å². The molecule has 0 saturated heterocycles. The van der Waals surface area contributed by atoms with E-state index in [4.69, 9.17) is 16.6 Å². The fourth-order valence-corrected chi connectivity index (χ4v) is 7.80. The molecule has 4 saturated carbocycles. The summed E-state index contributed by atoms with van der Waals surface area (Å²) in [6, 6.07) is 5.89. The van der Waals surface area contributed by atoms with Gasteiger partial charge in [-0.15, -0.1) is 0 Å². The SMILES string of the molecule is CN(C)CCCN(C(=O)C12CC3CC(CC(C3)C1)C2)c1nc2c(Cl)cccc2s1. The Morgan fingerprint density at radius 1 is 1.14 bits per heavy atom. The van der Waals surface area contributed by atoms with Crippen LogP contribution in [0.4, 0.5) is 5.13 Å². The van der Waals surface area contributed by atoms with Gasteiger partial charge in [0.1, 0.15) is 5.52 Å². The van der Waals surface area contributed by atoms with Gasteiger partial charge in [0.2, 0.25) is 5.91 Å². The number of para-hydroxylation sites is 1. The zero-order chi connectivity index (χ0) is 20.2. The van der Waals surface area contributed by atoms with Crippen molar-refractivity contribution in [1.82, 2.24) is 9.88 Å². The van der Waals surface area contributed by atoms with Gasteiger partial charge in [-0.05, 0) is 95.5 Å². The van der Waals surface area contributed by atoms with Crippen LogP contribution in [-0.2, 0) is 4.79 Å². The predicted molar refractivity (Wildman–Crippen MR) is 121 cm³/mol. The van der Waals surface area contributed by atoms with Crippen LogP contribution >= 0.6 is 22.9 Å². The van der Waals surface area contributed by atoms with E-state index in [-0.39, 0.29) is 5.41 Å². The maximum Gasteiger partial charge on any atom is 0.235 e. The number of hydrogen-bond acceptors (Lipinski definition) is 4. The molecule has 0 radical (unpaired) electrons. The molecule has 1 heterocycles. The van der Waals surface area contributed by atoms with Gasteiger partial charge in [0, 0.05) is 6.54 Å². The highest BCUT2D eigenvalue weighted by Crippen LogP contribution is 2.60. The molecule has 1 aromatic heterocycles. The summed E-state index contributed by atoms with van der Waals surface area (Å²) >= 11 is 8.00. The highest BCUT2D eigenvalue weighted by Gasteiger charge is 2.55. The number of fused-ring (bicyclic) bond motifs is 1. The molecular formula is C23H30ClN3OS. The molecule has 6 rings (SSSR count). The number of rotatable bonds is 6. The second-order valence-electron chi connectivity index (χ2n) is 9.89. The lowest BCUT2D eigenvalue weighted by atomic mass is 9.49. The zero-order valence-corrected chi connectivity index (χ0v) is 18.9. The first-order valence-corrected chi connectivity index (χ1v) is 12.1. The lowest BCUT2D eigenvalue weighted by Crippen LogP contribution is -2.55. The molecule has 4 fully saturated rings. The summed E-state index contributed by atoms with van der Waals surface area (Å²) < 4.78 is 1.06. The molecule has 0 spiro atoms. The number of aromatic nitrogens is 1. The number of benzene rings is 1. The smallest absolute Gasteiger partial charge is 0.235 e. The van der Waals surface area contributed by atoms with Crippen molar-refractivity contribution in [3.05, 3.63) is 23.2 Å². The Hall–Kier alpha value is -1.17. The fourth-order valence-electron chi connectivity index (χ4n) is 6.51. The first-order chi connectivity index (χ1) is 13.9. The summed E-state index contributed by atoms with van der Waals surface area (Å²) in [5.74, 6) is 2.63. The van der Waals surface area contributed by atoms with Crippen LogP contribution in [0.1, 0.15) is 44.9 Å².